The molecule has 1 fully saturated rings. The van der Waals surface area contributed by atoms with E-state index in [0.717, 1.165) is 17.7 Å². The molecule has 0 aromatic heterocycles. The van der Waals surface area contributed by atoms with Crippen molar-refractivity contribution in [3.05, 3.63) is 65.5 Å². The lowest BCUT2D eigenvalue weighted by atomic mass is 10.1. The quantitative estimate of drug-likeness (QED) is 0.611. The number of benzene rings is 2. The van der Waals surface area contributed by atoms with E-state index < -0.39 is 21.9 Å². The summed E-state index contributed by atoms with van der Waals surface area (Å²) in [6.07, 6.45) is 2.41. The molecule has 2 amide bonds. The molecule has 1 saturated heterocycles. The van der Waals surface area contributed by atoms with Crippen LogP contribution in [-0.2, 0) is 14.8 Å². The molecule has 3 rings (SSSR count). The number of nitrogens with one attached hydrogen (secondary N) is 1. The highest BCUT2D eigenvalue weighted by molar-refractivity contribution is 7.98. The van der Waals surface area contributed by atoms with Crippen molar-refractivity contribution in [2.75, 3.05) is 38.2 Å². The van der Waals surface area contributed by atoms with Crippen molar-refractivity contribution in [1.29, 1.82) is 0 Å². The third-order valence-corrected chi connectivity index (χ3v) is 8.05. The molecule has 178 valence electrons. The second kappa shape index (κ2) is 11.1. The first-order chi connectivity index (χ1) is 15.7. The third kappa shape index (κ3) is 6.33. The summed E-state index contributed by atoms with van der Waals surface area (Å²) in [6.45, 7) is 2.59. The molecule has 0 bridgehead atoms. The van der Waals surface area contributed by atoms with E-state index in [9.17, 15) is 22.4 Å². The average Bonchev–Trinajstić information content (AvgIpc) is 2.81. The van der Waals surface area contributed by atoms with Gasteiger partial charge >= 0.3 is 0 Å². The van der Waals surface area contributed by atoms with Crippen molar-refractivity contribution in [2.45, 2.75) is 24.3 Å². The zero-order chi connectivity index (χ0) is 24.0. The highest BCUT2D eigenvalue weighted by Gasteiger charge is 2.33. The van der Waals surface area contributed by atoms with Gasteiger partial charge in [0.1, 0.15) is 11.9 Å². The normalized spacial score (nSPS) is 15.8. The Morgan fingerprint density at radius 2 is 1.76 bits per heavy atom. The van der Waals surface area contributed by atoms with Crippen molar-refractivity contribution in [3.8, 4) is 0 Å². The fraction of sp³-hybridized carbons (Fsp3) is 0.391. The molecule has 10 heteroatoms. The van der Waals surface area contributed by atoms with Crippen LogP contribution in [0.15, 0.2) is 53.4 Å². The number of carbonyl (C=O) groups is 2. The monoisotopic (exact) mass is 493 g/mol. The summed E-state index contributed by atoms with van der Waals surface area (Å²) in [5, 5.41) is 2.85. The molecule has 33 heavy (non-hydrogen) atoms. The number of nitrogens with zero attached hydrogens (tertiary/aromatic N) is 2. The van der Waals surface area contributed by atoms with Crippen LogP contribution in [0.1, 0.15) is 22.3 Å². The number of amides is 2. The smallest absolute Gasteiger partial charge is 0.251 e. The Kier molecular flexibility index (Phi) is 8.50. The Hall–Kier alpha value is -2.43. The molecule has 1 aliphatic heterocycles. The molecular formula is C23H28FN3O4S2. The molecule has 2 aromatic rings. The number of aryl methyl sites for hydroxylation is 1. The highest BCUT2D eigenvalue weighted by atomic mass is 32.2. The van der Waals surface area contributed by atoms with Gasteiger partial charge in [0.25, 0.3) is 5.91 Å². The van der Waals surface area contributed by atoms with Crippen molar-refractivity contribution < 1.29 is 22.4 Å². The highest BCUT2D eigenvalue weighted by Crippen LogP contribution is 2.19. The molecule has 1 N–H and O–H groups in total. The van der Waals surface area contributed by atoms with Crippen molar-refractivity contribution in [3.63, 3.8) is 0 Å². The molecule has 2 aromatic carbocycles. The zero-order valence-corrected chi connectivity index (χ0v) is 20.3. The van der Waals surface area contributed by atoms with Gasteiger partial charge in [-0.1, -0.05) is 17.7 Å². The van der Waals surface area contributed by atoms with E-state index in [4.69, 9.17) is 0 Å². The number of sulfonamides is 1. The van der Waals surface area contributed by atoms with Crippen LogP contribution in [0, 0.1) is 12.7 Å². The number of hydrogen-bond acceptors (Lipinski definition) is 5. The lowest BCUT2D eigenvalue weighted by Crippen LogP contribution is -2.55. The van der Waals surface area contributed by atoms with Gasteiger partial charge in [0.2, 0.25) is 15.9 Å². The average molecular weight is 494 g/mol. The van der Waals surface area contributed by atoms with E-state index in [1.165, 1.54) is 16.4 Å². The predicted octanol–water partition coefficient (Wildman–Crippen LogP) is 2.52. The molecular weight excluding hydrogens is 465 g/mol. The van der Waals surface area contributed by atoms with Crippen LogP contribution in [-0.4, -0.2) is 73.7 Å². The number of hydrogen-bond donors (Lipinski definition) is 1. The summed E-state index contributed by atoms with van der Waals surface area (Å²) in [5.74, 6) is -0.337. The van der Waals surface area contributed by atoms with Gasteiger partial charge in [0, 0.05) is 31.7 Å². The second-order valence-corrected chi connectivity index (χ2v) is 10.8. The van der Waals surface area contributed by atoms with Gasteiger partial charge in [-0.3, -0.25) is 9.59 Å². The summed E-state index contributed by atoms with van der Waals surface area (Å²) in [6, 6.07) is 11.2. The number of piperazine rings is 1. The fourth-order valence-electron chi connectivity index (χ4n) is 3.65. The summed E-state index contributed by atoms with van der Waals surface area (Å²) >= 11 is 1.59. The van der Waals surface area contributed by atoms with Crippen molar-refractivity contribution in [2.24, 2.45) is 0 Å². The van der Waals surface area contributed by atoms with Crippen LogP contribution in [0.5, 0.6) is 0 Å². The maximum atomic E-state index is 13.2. The number of thioether (sulfide) groups is 1. The zero-order valence-electron chi connectivity index (χ0n) is 18.7. The summed E-state index contributed by atoms with van der Waals surface area (Å²) in [5.41, 5.74) is 1.44. The van der Waals surface area contributed by atoms with Crippen LogP contribution in [0.3, 0.4) is 0 Å². The van der Waals surface area contributed by atoms with Crippen molar-refractivity contribution >= 4 is 33.6 Å². The lowest BCUT2D eigenvalue weighted by Gasteiger charge is -2.36. The minimum Gasteiger partial charge on any atom is -0.340 e. The van der Waals surface area contributed by atoms with Gasteiger partial charge in [-0.25, -0.2) is 12.8 Å². The van der Waals surface area contributed by atoms with Crippen LogP contribution >= 0.6 is 11.8 Å². The fourth-order valence-corrected chi connectivity index (χ4v) is 5.54. The van der Waals surface area contributed by atoms with Crippen LogP contribution in [0.2, 0.25) is 0 Å². The van der Waals surface area contributed by atoms with Gasteiger partial charge < -0.3 is 10.2 Å². The molecule has 1 aliphatic rings. The van der Waals surface area contributed by atoms with E-state index in [-0.39, 0.29) is 42.9 Å². The molecule has 0 radical (unpaired) electrons. The molecule has 0 saturated carbocycles. The first kappa shape index (κ1) is 25.2. The summed E-state index contributed by atoms with van der Waals surface area (Å²) < 4.78 is 40.1. The standard InChI is InChI=1S/C23H28FN3O4S2/c1-17-4-3-5-18(16-17)22(28)25-21(10-15-32-2)23(29)26-11-13-27(14-12-26)33(30,31)20-8-6-19(24)7-9-20/h3-9,16,21H,10-15H2,1-2H3,(H,25,28)/t21-/m1/s1. The van der Waals surface area contributed by atoms with E-state index >= 15 is 0 Å². The van der Waals surface area contributed by atoms with Gasteiger partial charge in [-0.05, 0) is 61.8 Å². The molecule has 0 spiro atoms. The Balaban J connectivity index is 1.65. The van der Waals surface area contributed by atoms with Gasteiger partial charge in [0.15, 0.2) is 0 Å². The molecule has 0 aliphatic carbocycles. The summed E-state index contributed by atoms with van der Waals surface area (Å²) in [7, 11) is -3.77. The van der Waals surface area contributed by atoms with E-state index in [2.05, 4.69) is 5.32 Å². The van der Waals surface area contributed by atoms with Crippen molar-refractivity contribution in [1.82, 2.24) is 14.5 Å². The van der Waals surface area contributed by atoms with Gasteiger partial charge in [-0.15, -0.1) is 0 Å². The Bertz CT molecular complexity index is 1090. The number of halogens is 1. The SMILES string of the molecule is CSCC[C@@H](NC(=O)c1cccc(C)c1)C(=O)N1CCN(S(=O)(=O)c2ccc(F)cc2)CC1. The summed E-state index contributed by atoms with van der Waals surface area (Å²) in [4.78, 5) is 27.5. The van der Waals surface area contributed by atoms with E-state index in [1.54, 1.807) is 34.9 Å². The van der Waals surface area contributed by atoms with Gasteiger partial charge in [-0.2, -0.15) is 16.1 Å². The maximum absolute atomic E-state index is 13.2. The lowest BCUT2D eigenvalue weighted by molar-refractivity contribution is -0.134. The third-order valence-electron chi connectivity index (χ3n) is 5.50. The van der Waals surface area contributed by atoms with Gasteiger partial charge in [0.05, 0.1) is 4.90 Å². The maximum Gasteiger partial charge on any atom is 0.251 e. The Labute approximate surface area is 198 Å². The Morgan fingerprint density at radius 3 is 2.36 bits per heavy atom. The molecule has 0 unspecified atom stereocenters. The first-order valence-electron chi connectivity index (χ1n) is 10.6. The number of rotatable bonds is 8. The Morgan fingerprint density at radius 1 is 1.09 bits per heavy atom. The molecule has 1 atom stereocenters. The second-order valence-electron chi connectivity index (χ2n) is 7.86. The van der Waals surface area contributed by atoms with E-state index in [0.29, 0.717) is 17.7 Å². The minimum absolute atomic E-state index is 0.0203. The molecule has 1 heterocycles. The minimum atomic E-state index is -3.77. The topological polar surface area (TPSA) is 86.8 Å². The largest absolute Gasteiger partial charge is 0.340 e. The molecule has 7 nitrogen and oxygen atoms in total. The predicted molar refractivity (Wildman–Crippen MR) is 127 cm³/mol. The van der Waals surface area contributed by atoms with E-state index in [1.807, 2.05) is 19.2 Å². The first-order valence-corrected chi connectivity index (χ1v) is 13.5. The van der Waals surface area contributed by atoms with Crippen LogP contribution in [0.4, 0.5) is 4.39 Å². The van der Waals surface area contributed by atoms with Crippen LogP contribution in [0.25, 0.3) is 0 Å². The van der Waals surface area contributed by atoms with Crippen LogP contribution < -0.4 is 5.32 Å². The number of carbonyl (C=O) groups excluding carboxylic acids is 2.